The minimum Gasteiger partial charge on any atom is -0.288 e. The van der Waals surface area contributed by atoms with E-state index in [2.05, 4.69) is 300 Å². The highest BCUT2D eigenvalue weighted by molar-refractivity contribution is 6.21. The summed E-state index contributed by atoms with van der Waals surface area (Å²) in [5.41, 5.74) is 60.1. The summed E-state index contributed by atoms with van der Waals surface area (Å²) in [5, 5.41) is 14.5. The second-order valence-electron chi connectivity index (χ2n) is 38.8. The zero-order valence-corrected chi connectivity index (χ0v) is 75.1. The Morgan fingerprint density at radius 1 is 0.171 bits per heavy atom. The summed E-state index contributed by atoms with van der Waals surface area (Å²) < 4.78 is 8.92. The molecule has 0 aliphatic heterocycles. The van der Waals surface area contributed by atoms with Gasteiger partial charge in [0.15, 0.2) is 22.6 Å². The minimum atomic E-state index is 0.767. The average molecular weight is 1790 g/mol. The van der Waals surface area contributed by atoms with Crippen LogP contribution in [0.2, 0.25) is 0 Å². The quantitative estimate of drug-likeness (QED) is 0.132. The highest BCUT2D eigenvalue weighted by Crippen LogP contribution is 2.56. The van der Waals surface area contributed by atoms with Gasteiger partial charge in [-0.1, -0.05) is 152 Å². The van der Waals surface area contributed by atoms with Gasteiger partial charge in [-0.3, -0.25) is 37.5 Å². The molecule has 0 spiro atoms. The Morgan fingerprint density at radius 3 is 1.01 bits per heavy atom. The molecule has 0 atom stereocenters. The van der Waals surface area contributed by atoms with Crippen LogP contribution in [0.3, 0.4) is 0 Å². The molecule has 8 aliphatic carbocycles. The molecular formula is C124H72N16. The standard InChI is InChI=1S/4C31H18N4/c1-2-5-20-17(4-1)14-18-7-8-19-15-24-23(28(19)27(18)20)10-9-22-21-11-13-32-16-26(21)35-25-6-3-12-33-30(25)34-31(35)29(22)24;1-2-5-20-17(4-1)12-18-13-19-14-26-21(25(19)15-24(18)20)7-8-23-22-9-11-32-16-28(22)35-27-6-3-10-33-30(27)34-31(35)29(23)26;1-2-5-20-17(4-1)12-18-7-8-21-23-15-24-22-9-11-32-16-28(22)35-27-6-3-10-33-30(27)34-31(35)26(24)14-19(23)13-25(21)29(18)20;1-2-5-21-17(4-1)10-18-13-24-19(12-23(18)21)11-20-14-27-26(15-25(20)24)22-7-9-32-16-29(22)35-28-6-3-8-33-30(28)34-31(27)35/h1-13,16H,14-15H2;1-11,13,15-16H,12,14H2;1-11,14-16H,12-13H2;1-9,12-16H,10-11H2. The van der Waals surface area contributed by atoms with Crippen LogP contribution in [0.25, 0.3) is 243 Å². The van der Waals surface area contributed by atoms with Crippen LogP contribution in [0.1, 0.15) is 89.0 Å². The summed E-state index contributed by atoms with van der Waals surface area (Å²) in [6.45, 7) is 0. The molecule has 0 N–H and O–H groups in total. The normalized spacial score (nSPS) is 13.5. The minimum absolute atomic E-state index is 0.767. The molecule has 16 heteroatoms. The first-order valence-corrected chi connectivity index (χ1v) is 48.2. The van der Waals surface area contributed by atoms with E-state index in [-0.39, 0.29) is 0 Å². The Balaban J connectivity index is 0.0000000829. The van der Waals surface area contributed by atoms with Gasteiger partial charge in [-0.2, -0.15) is 0 Å². The number of hydrogen-bond acceptors (Lipinski definition) is 12. The van der Waals surface area contributed by atoms with E-state index in [1.807, 2.05) is 98.6 Å². The van der Waals surface area contributed by atoms with Crippen molar-refractivity contribution in [2.24, 2.45) is 0 Å². The van der Waals surface area contributed by atoms with Crippen LogP contribution in [0.4, 0.5) is 0 Å². The zero-order chi connectivity index (χ0) is 90.7. The molecule has 0 unspecified atom stereocenters. The first-order chi connectivity index (χ1) is 69.4. The van der Waals surface area contributed by atoms with Crippen molar-refractivity contribution in [1.82, 2.24) is 77.4 Å². The van der Waals surface area contributed by atoms with Crippen molar-refractivity contribution in [2.75, 3.05) is 0 Å². The molecule has 0 radical (unpaired) electrons. The second kappa shape index (κ2) is 27.7. The SMILES string of the molecule is c1ccc2c(c1)Cc1cc3c(cc1-2)-c1ccc2c4ccncc4n4c5cccnc5nc4c2c1C3.c1ccc2c(c1)Cc1cc3c(cc1-2)Cc1cc2c(cc1-3)c1ccncc1n1c3cccnc3nc21.c1ccc2c(c1)Cc1ccc3c(c1-2)-c1ccc2c4ccncc4n4c5cccnc5nc4c2c1C3.c1ccc2c(c1)Cc1ccc3c(c1-2)Cc1cc2c(cc1-3)c1ccncc1n1c3cccnc3nc21. The molecule has 16 nitrogen and oxygen atoms in total. The third-order valence-corrected chi connectivity index (χ3v) is 31.9. The van der Waals surface area contributed by atoms with E-state index in [9.17, 15) is 0 Å². The van der Waals surface area contributed by atoms with E-state index < -0.39 is 0 Å². The maximum atomic E-state index is 5.07. The summed E-state index contributed by atoms with van der Waals surface area (Å²) >= 11 is 0. The van der Waals surface area contributed by atoms with Gasteiger partial charge in [0.1, 0.15) is 22.6 Å². The highest BCUT2D eigenvalue weighted by Gasteiger charge is 2.36. The molecule has 28 aromatic rings. The van der Waals surface area contributed by atoms with Gasteiger partial charge in [0.05, 0.1) is 68.9 Å². The lowest BCUT2D eigenvalue weighted by Crippen LogP contribution is -1.95. The van der Waals surface area contributed by atoms with Crippen molar-refractivity contribution in [2.45, 2.75) is 51.4 Å². The van der Waals surface area contributed by atoms with E-state index >= 15 is 0 Å². The third kappa shape index (κ3) is 10.3. The smallest absolute Gasteiger partial charge is 0.178 e. The van der Waals surface area contributed by atoms with Crippen molar-refractivity contribution in [3.8, 4) is 89.0 Å². The lowest BCUT2D eigenvalue weighted by atomic mass is 9.92. The molecule has 16 heterocycles. The number of rotatable bonds is 0. The highest BCUT2D eigenvalue weighted by atomic mass is 15.1. The van der Waals surface area contributed by atoms with Crippen LogP contribution in [-0.4, -0.2) is 77.4 Å². The van der Waals surface area contributed by atoms with Crippen LogP contribution in [0.15, 0.2) is 341 Å². The van der Waals surface area contributed by atoms with Gasteiger partial charge in [-0.15, -0.1) is 0 Å². The Labute approximate surface area is 796 Å². The molecule has 0 bridgehead atoms. The number of fused-ring (bicyclic) bond motifs is 60. The number of pyridine rings is 12. The van der Waals surface area contributed by atoms with Gasteiger partial charge in [-0.25, -0.2) is 39.9 Å². The largest absolute Gasteiger partial charge is 0.288 e. The molecule has 140 heavy (non-hydrogen) atoms. The van der Waals surface area contributed by atoms with Crippen molar-refractivity contribution >= 4 is 154 Å². The number of benzene rings is 12. The molecule has 648 valence electrons. The Hall–Kier alpha value is -18.3. The molecule has 8 aliphatic rings. The van der Waals surface area contributed by atoms with Gasteiger partial charge in [-0.05, 0) is 366 Å². The van der Waals surface area contributed by atoms with Gasteiger partial charge in [0.2, 0.25) is 0 Å². The van der Waals surface area contributed by atoms with Crippen molar-refractivity contribution < 1.29 is 0 Å². The third-order valence-electron chi connectivity index (χ3n) is 31.9. The van der Waals surface area contributed by atoms with Gasteiger partial charge < -0.3 is 0 Å². The second-order valence-corrected chi connectivity index (χ2v) is 38.8. The fraction of sp³-hybridized carbons (Fsp3) is 0.0645. The Bertz CT molecular complexity index is 10700. The lowest BCUT2D eigenvalue weighted by Gasteiger charge is -2.13. The van der Waals surface area contributed by atoms with E-state index in [4.69, 9.17) is 19.9 Å². The van der Waals surface area contributed by atoms with Crippen LogP contribution in [0.5, 0.6) is 0 Å². The molecule has 0 saturated carbocycles. The maximum Gasteiger partial charge on any atom is 0.178 e. The Morgan fingerprint density at radius 2 is 0.493 bits per heavy atom. The van der Waals surface area contributed by atoms with Crippen LogP contribution in [-0.2, 0) is 51.4 Å². The summed E-state index contributed by atoms with van der Waals surface area (Å²) in [6.07, 6.45) is 30.4. The van der Waals surface area contributed by atoms with Crippen LogP contribution < -0.4 is 0 Å². The van der Waals surface area contributed by atoms with E-state index in [0.29, 0.717) is 0 Å². The van der Waals surface area contributed by atoms with E-state index in [1.54, 1.807) is 0 Å². The first kappa shape index (κ1) is 75.1. The summed E-state index contributed by atoms with van der Waals surface area (Å²) in [7, 11) is 0. The molecular weight excluding hydrogens is 1710 g/mol. The summed E-state index contributed by atoms with van der Waals surface area (Å²) in [4.78, 5) is 56.1. The molecule has 16 aromatic heterocycles. The van der Waals surface area contributed by atoms with Crippen molar-refractivity contribution in [1.29, 1.82) is 0 Å². The Kier molecular flexibility index (Phi) is 14.9. The summed E-state index contributed by atoms with van der Waals surface area (Å²) in [6, 6.07) is 98.0. The van der Waals surface area contributed by atoms with Gasteiger partial charge in [0.25, 0.3) is 0 Å². The van der Waals surface area contributed by atoms with Crippen molar-refractivity contribution in [3.05, 3.63) is 430 Å². The fourth-order valence-corrected chi connectivity index (χ4v) is 26.0. The summed E-state index contributed by atoms with van der Waals surface area (Å²) in [5.74, 6) is 0. The number of hydrogen-bond donors (Lipinski definition) is 0. The molecule has 36 rings (SSSR count). The predicted molar refractivity (Wildman–Crippen MR) is 559 cm³/mol. The topological polar surface area (TPSA) is 172 Å². The first-order valence-electron chi connectivity index (χ1n) is 48.2. The lowest BCUT2D eigenvalue weighted by molar-refractivity contribution is 1.22. The van der Waals surface area contributed by atoms with Crippen molar-refractivity contribution in [3.63, 3.8) is 0 Å². The zero-order valence-electron chi connectivity index (χ0n) is 75.1. The monoisotopic (exact) mass is 1780 g/mol. The van der Waals surface area contributed by atoms with Gasteiger partial charge >= 0.3 is 0 Å². The number of aromatic nitrogens is 16. The van der Waals surface area contributed by atoms with E-state index in [0.717, 1.165) is 141 Å². The average Bonchev–Trinajstić information content (AvgIpc) is 1.55. The van der Waals surface area contributed by atoms with Gasteiger partial charge in [0, 0.05) is 92.7 Å². The maximum absolute atomic E-state index is 5.07. The van der Waals surface area contributed by atoms with E-state index in [1.165, 1.54) is 243 Å². The predicted octanol–water partition coefficient (Wildman–Crippen LogP) is 26.9. The van der Waals surface area contributed by atoms with Crippen LogP contribution in [0, 0.1) is 0 Å². The molecule has 0 fully saturated rings. The van der Waals surface area contributed by atoms with Crippen LogP contribution >= 0.6 is 0 Å². The number of imidazole rings is 4. The molecule has 12 aromatic carbocycles. The fourth-order valence-electron chi connectivity index (χ4n) is 26.0. The molecule has 0 saturated heterocycles. The molecule has 0 amide bonds. The number of nitrogens with zero attached hydrogens (tertiary/aromatic N) is 16.